The lowest BCUT2D eigenvalue weighted by atomic mass is 10.1. The van der Waals surface area contributed by atoms with Crippen molar-refractivity contribution in [3.05, 3.63) is 44.8 Å². The van der Waals surface area contributed by atoms with Crippen LogP contribution in [-0.4, -0.2) is 78.8 Å². The van der Waals surface area contributed by atoms with Gasteiger partial charge in [0.05, 0.1) is 42.9 Å². The highest BCUT2D eigenvalue weighted by molar-refractivity contribution is 7.12. The quantitative estimate of drug-likeness (QED) is 0.703. The summed E-state index contributed by atoms with van der Waals surface area (Å²) in [5.41, 5.74) is 0.943. The van der Waals surface area contributed by atoms with Crippen LogP contribution in [-0.2, 0) is 14.3 Å². The van der Waals surface area contributed by atoms with Gasteiger partial charge in [0.25, 0.3) is 5.91 Å². The van der Waals surface area contributed by atoms with Crippen molar-refractivity contribution >= 4 is 40.2 Å². The first-order valence-electron chi connectivity index (χ1n) is 9.62. The number of carbonyl (C=O) groups is 2. The van der Waals surface area contributed by atoms with E-state index in [0.29, 0.717) is 32.7 Å². The van der Waals surface area contributed by atoms with Gasteiger partial charge in [-0.05, 0) is 29.9 Å². The molecule has 2 aromatic heterocycles. The first-order chi connectivity index (χ1) is 14.1. The predicted molar refractivity (Wildman–Crippen MR) is 114 cm³/mol. The number of hydrogen-bond donors (Lipinski definition) is 0. The van der Waals surface area contributed by atoms with E-state index in [-0.39, 0.29) is 30.9 Å². The third kappa shape index (κ3) is 4.75. The lowest BCUT2D eigenvalue weighted by Crippen LogP contribution is -2.46. The van der Waals surface area contributed by atoms with Crippen LogP contribution >= 0.6 is 22.7 Å². The number of nitrogens with zero attached hydrogens (tertiary/aromatic N) is 4. The molecule has 0 N–H and O–H groups in total. The van der Waals surface area contributed by atoms with Crippen LogP contribution in [0.5, 0.6) is 0 Å². The molecule has 0 aliphatic carbocycles. The van der Waals surface area contributed by atoms with E-state index in [1.165, 1.54) is 0 Å². The zero-order valence-corrected chi connectivity index (χ0v) is 18.0. The summed E-state index contributed by atoms with van der Waals surface area (Å²) in [7, 11) is 1.80. The van der Waals surface area contributed by atoms with Gasteiger partial charge < -0.3 is 9.64 Å². The summed E-state index contributed by atoms with van der Waals surface area (Å²) in [6.07, 6.45) is 0.711. The summed E-state index contributed by atoms with van der Waals surface area (Å²) in [4.78, 5) is 31.3. The Labute approximate surface area is 178 Å². The van der Waals surface area contributed by atoms with Crippen LogP contribution in [0, 0.1) is 0 Å². The summed E-state index contributed by atoms with van der Waals surface area (Å²) in [5, 5.41) is 10.3. The van der Waals surface area contributed by atoms with Crippen LogP contribution in [0.4, 0.5) is 0 Å². The summed E-state index contributed by atoms with van der Waals surface area (Å²) in [6.45, 7) is 2.74. The van der Waals surface area contributed by atoms with Gasteiger partial charge in [-0.3, -0.25) is 14.5 Å². The molecule has 2 aromatic rings. The first-order valence-corrected chi connectivity index (χ1v) is 11.4. The molecule has 0 aromatic carbocycles. The minimum atomic E-state index is -0.0905. The average molecular weight is 433 g/mol. The summed E-state index contributed by atoms with van der Waals surface area (Å²) >= 11 is 3.27. The van der Waals surface area contributed by atoms with Crippen molar-refractivity contribution in [2.45, 2.75) is 12.5 Å². The number of hydrogen-bond acceptors (Lipinski definition) is 7. The molecule has 0 radical (unpaired) electrons. The van der Waals surface area contributed by atoms with Gasteiger partial charge in [-0.25, -0.2) is 5.01 Å². The molecule has 0 saturated carbocycles. The fraction of sp³-hybridized carbons (Fsp3) is 0.450. The standard InChI is InChI=1S/C20H24N4O3S2/c1-22(13-19(25)23-6-8-27-9-7-23)14-20(26)24-16(18-5-3-11-29-18)12-15(21-24)17-4-2-10-28-17/h2-5,10-11,16H,6-9,12-14H2,1H3/t16-/m1/s1. The Bertz CT molecular complexity index is 860. The third-order valence-electron chi connectivity index (χ3n) is 5.02. The molecule has 9 heteroatoms. The van der Waals surface area contributed by atoms with E-state index in [1.54, 1.807) is 44.5 Å². The van der Waals surface area contributed by atoms with Crippen LogP contribution in [0.15, 0.2) is 40.1 Å². The van der Waals surface area contributed by atoms with Crippen molar-refractivity contribution in [3.63, 3.8) is 0 Å². The molecule has 2 aliphatic rings. The monoisotopic (exact) mass is 432 g/mol. The molecule has 4 heterocycles. The largest absolute Gasteiger partial charge is 0.378 e. The smallest absolute Gasteiger partial charge is 0.257 e. The van der Waals surface area contributed by atoms with Gasteiger partial charge in [0.2, 0.25) is 5.91 Å². The van der Waals surface area contributed by atoms with Crippen LogP contribution < -0.4 is 0 Å². The Kier molecular flexibility index (Phi) is 6.39. The van der Waals surface area contributed by atoms with E-state index in [4.69, 9.17) is 4.74 Å². The van der Waals surface area contributed by atoms with Crippen molar-refractivity contribution in [1.82, 2.24) is 14.8 Å². The molecule has 1 fully saturated rings. The zero-order valence-electron chi connectivity index (χ0n) is 16.3. The molecule has 2 amide bonds. The van der Waals surface area contributed by atoms with Gasteiger partial charge in [0, 0.05) is 24.4 Å². The Morgan fingerprint density at radius 3 is 2.55 bits per heavy atom. The van der Waals surface area contributed by atoms with Gasteiger partial charge in [-0.15, -0.1) is 22.7 Å². The summed E-state index contributed by atoms with van der Waals surface area (Å²) < 4.78 is 5.29. The van der Waals surface area contributed by atoms with Crippen molar-refractivity contribution in [2.75, 3.05) is 46.4 Å². The lowest BCUT2D eigenvalue weighted by molar-refractivity contribution is -0.138. The molecule has 0 unspecified atom stereocenters. The molecule has 154 valence electrons. The number of ether oxygens (including phenoxy) is 1. The normalized spacial score (nSPS) is 19.7. The van der Waals surface area contributed by atoms with Crippen LogP contribution in [0.1, 0.15) is 22.2 Å². The lowest BCUT2D eigenvalue weighted by Gasteiger charge is -2.29. The molecular formula is C20H24N4O3S2. The molecule has 7 nitrogen and oxygen atoms in total. The number of amides is 2. The second-order valence-corrected chi connectivity index (χ2v) is 9.09. The fourth-order valence-corrected chi connectivity index (χ4v) is 5.07. The van der Waals surface area contributed by atoms with Crippen LogP contribution in [0.2, 0.25) is 0 Å². The van der Waals surface area contributed by atoms with Gasteiger partial charge in [0.15, 0.2) is 0 Å². The van der Waals surface area contributed by atoms with Crippen LogP contribution in [0.3, 0.4) is 0 Å². The SMILES string of the molecule is CN(CC(=O)N1CCOCC1)CC(=O)N1N=C(c2cccs2)C[C@@H]1c1cccs1. The van der Waals surface area contributed by atoms with Crippen LogP contribution in [0.25, 0.3) is 0 Å². The number of likely N-dealkylation sites (N-methyl/N-ethyl adjacent to an activating group) is 1. The molecule has 0 spiro atoms. The average Bonchev–Trinajstić information content (AvgIpc) is 3.49. The molecular weight excluding hydrogens is 408 g/mol. The van der Waals surface area contributed by atoms with Crippen molar-refractivity contribution in [3.8, 4) is 0 Å². The Morgan fingerprint density at radius 2 is 1.86 bits per heavy atom. The van der Waals surface area contributed by atoms with E-state index in [1.807, 2.05) is 35.0 Å². The fourth-order valence-electron chi connectivity index (χ4n) is 3.54. The Hall–Kier alpha value is -2.07. The minimum absolute atomic E-state index is 0.0302. The second kappa shape index (κ2) is 9.17. The van der Waals surface area contributed by atoms with Gasteiger partial charge in [0.1, 0.15) is 0 Å². The molecule has 1 saturated heterocycles. The van der Waals surface area contributed by atoms with E-state index in [0.717, 1.165) is 15.5 Å². The van der Waals surface area contributed by atoms with E-state index in [2.05, 4.69) is 5.10 Å². The Morgan fingerprint density at radius 1 is 1.14 bits per heavy atom. The topological polar surface area (TPSA) is 65.5 Å². The van der Waals surface area contributed by atoms with Gasteiger partial charge in [-0.1, -0.05) is 12.1 Å². The second-order valence-electron chi connectivity index (χ2n) is 7.16. The van der Waals surface area contributed by atoms with E-state index in [9.17, 15) is 9.59 Å². The number of hydrazone groups is 1. The zero-order chi connectivity index (χ0) is 20.2. The summed E-state index contributed by atoms with van der Waals surface area (Å²) in [6, 6.07) is 8.00. The molecule has 0 bridgehead atoms. The van der Waals surface area contributed by atoms with Crippen molar-refractivity contribution in [1.29, 1.82) is 0 Å². The molecule has 4 rings (SSSR count). The highest BCUT2D eigenvalue weighted by Gasteiger charge is 2.34. The maximum atomic E-state index is 13.1. The molecule has 1 atom stereocenters. The van der Waals surface area contributed by atoms with E-state index < -0.39 is 0 Å². The van der Waals surface area contributed by atoms with Gasteiger partial charge in [-0.2, -0.15) is 5.10 Å². The molecule has 29 heavy (non-hydrogen) atoms. The number of carbonyl (C=O) groups excluding carboxylic acids is 2. The highest BCUT2D eigenvalue weighted by Crippen LogP contribution is 2.35. The third-order valence-corrected chi connectivity index (χ3v) is 6.91. The van der Waals surface area contributed by atoms with E-state index >= 15 is 0 Å². The maximum Gasteiger partial charge on any atom is 0.257 e. The number of morpholine rings is 1. The van der Waals surface area contributed by atoms with Gasteiger partial charge >= 0.3 is 0 Å². The number of rotatable bonds is 6. The number of thiophene rings is 2. The van der Waals surface area contributed by atoms with Crippen molar-refractivity contribution in [2.24, 2.45) is 5.10 Å². The highest BCUT2D eigenvalue weighted by atomic mass is 32.1. The summed E-state index contributed by atoms with van der Waals surface area (Å²) in [5.74, 6) is -0.0603. The maximum absolute atomic E-state index is 13.1. The Balaban J connectivity index is 1.42. The first kappa shape index (κ1) is 20.2. The predicted octanol–water partition coefficient (Wildman–Crippen LogP) is 2.28. The van der Waals surface area contributed by atoms with Crippen molar-refractivity contribution < 1.29 is 14.3 Å². The molecule has 2 aliphatic heterocycles. The minimum Gasteiger partial charge on any atom is -0.378 e.